The Bertz CT molecular complexity index is 1360. The minimum Gasteiger partial charge on any atom is -0.493 e. The summed E-state index contributed by atoms with van der Waals surface area (Å²) >= 11 is 0. The second-order valence-corrected chi connectivity index (χ2v) is 7.28. The number of anilines is 1. The van der Waals surface area contributed by atoms with Crippen molar-refractivity contribution in [3.05, 3.63) is 102 Å². The van der Waals surface area contributed by atoms with Crippen LogP contribution in [-0.2, 0) is 12.8 Å². The zero-order valence-electron chi connectivity index (χ0n) is 16.5. The molecule has 3 N–H and O–H groups in total. The van der Waals surface area contributed by atoms with Gasteiger partial charge in [-0.2, -0.15) is 0 Å². The number of nitrogen functional groups attached to an aromatic ring is 1. The number of nitrogens with zero attached hydrogens (tertiary/aromatic N) is 3. The van der Waals surface area contributed by atoms with Gasteiger partial charge in [-0.25, -0.2) is 14.4 Å². The van der Waals surface area contributed by atoms with Crippen LogP contribution in [0.4, 0.5) is 10.1 Å². The van der Waals surface area contributed by atoms with Gasteiger partial charge in [-0.05, 0) is 29.8 Å². The van der Waals surface area contributed by atoms with Crippen LogP contribution < -0.4 is 5.73 Å². The van der Waals surface area contributed by atoms with Crippen LogP contribution in [0, 0.1) is 5.82 Å². The van der Waals surface area contributed by atoms with Crippen molar-refractivity contribution in [3.8, 4) is 17.1 Å². The molecule has 31 heavy (non-hydrogen) atoms. The van der Waals surface area contributed by atoms with Crippen LogP contribution in [0.3, 0.4) is 0 Å². The topological polar surface area (TPSA) is 89.6 Å². The van der Waals surface area contributed by atoms with Gasteiger partial charge in [-0.3, -0.25) is 4.40 Å². The first kappa shape index (κ1) is 18.9. The molecule has 5 aromatic rings. The Balaban J connectivity index is 1.70. The molecule has 0 saturated carbocycles. The third kappa shape index (κ3) is 3.50. The Morgan fingerprint density at radius 3 is 2.55 bits per heavy atom. The van der Waals surface area contributed by atoms with Crippen molar-refractivity contribution in [2.24, 2.45) is 0 Å². The maximum atomic E-state index is 14.7. The normalized spacial score (nSPS) is 11.3. The van der Waals surface area contributed by atoms with Gasteiger partial charge in [0.15, 0.2) is 11.5 Å². The van der Waals surface area contributed by atoms with E-state index in [1.807, 2.05) is 36.4 Å². The highest BCUT2D eigenvalue weighted by molar-refractivity contribution is 5.67. The van der Waals surface area contributed by atoms with Gasteiger partial charge in [0, 0.05) is 18.2 Å². The van der Waals surface area contributed by atoms with Gasteiger partial charge in [0.25, 0.3) is 0 Å². The highest BCUT2D eigenvalue weighted by Gasteiger charge is 2.20. The summed E-state index contributed by atoms with van der Waals surface area (Å²) in [7, 11) is 0. The summed E-state index contributed by atoms with van der Waals surface area (Å²) in [6.45, 7) is 0. The number of benzene rings is 2. The molecule has 2 aromatic carbocycles. The molecule has 0 bridgehead atoms. The van der Waals surface area contributed by atoms with E-state index in [0.29, 0.717) is 41.3 Å². The quantitative estimate of drug-likeness (QED) is 0.410. The third-order valence-electron chi connectivity index (χ3n) is 5.16. The van der Waals surface area contributed by atoms with Gasteiger partial charge < -0.3 is 15.3 Å². The molecule has 3 heterocycles. The van der Waals surface area contributed by atoms with Gasteiger partial charge in [0.05, 0.1) is 29.8 Å². The van der Waals surface area contributed by atoms with E-state index < -0.39 is 5.82 Å². The fourth-order valence-corrected chi connectivity index (χ4v) is 3.63. The molecule has 5 rings (SSSR count). The summed E-state index contributed by atoms with van der Waals surface area (Å²) in [4.78, 5) is 9.34. The van der Waals surface area contributed by atoms with Gasteiger partial charge >= 0.3 is 0 Å². The number of rotatable bonds is 5. The number of hydrogen-bond acceptors (Lipinski definition) is 5. The number of nitrogens with two attached hydrogens (primary N) is 1. The number of aromatic nitrogens is 3. The molecule has 154 valence electrons. The zero-order valence-corrected chi connectivity index (χ0v) is 16.5. The van der Waals surface area contributed by atoms with Crippen molar-refractivity contribution < 1.29 is 13.9 Å². The summed E-state index contributed by atoms with van der Waals surface area (Å²) in [6, 6.07) is 18.2. The molecule has 0 saturated heterocycles. The molecular formula is C24H19FN4O2. The fourth-order valence-electron chi connectivity index (χ4n) is 3.63. The lowest BCUT2D eigenvalue weighted by molar-refractivity contribution is 0.438. The van der Waals surface area contributed by atoms with E-state index in [4.69, 9.17) is 15.1 Å². The van der Waals surface area contributed by atoms with Gasteiger partial charge in [-0.1, -0.05) is 36.4 Å². The number of imidazole rings is 1. The average molecular weight is 414 g/mol. The number of hydrogen-bond donors (Lipinski definition) is 2. The van der Waals surface area contributed by atoms with E-state index in [1.54, 1.807) is 35.1 Å². The maximum Gasteiger partial charge on any atom is 0.219 e. The monoisotopic (exact) mass is 414 g/mol. The Hall–Kier alpha value is -4.13. The second-order valence-electron chi connectivity index (χ2n) is 7.28. The first-order chi connectivity index (χ1) is 15.1. The summed E-state index contributed by atoms with van der Waals surface area (Å²) in [6.07, 6.45) is 3.95. The molecule has 7 heteroatoms. The number of fused-ring (bicyclic) bond motifs is 1. The standard InChI is InChI=1S/C24H19FN4O2/c25-22-17(9-4-10-18(22)26)21-14-29-23(19(27-21)12-15-6-2-1-3-7-15)28-20(24(29)30)13-16-8-5-11-31-16/h1-11,14,30H,12-13,26H2. The predicted molar refractivity (Wildman–Crippen MR) is 115 cm³/mol. The molecule has 0 fully saturated rings. The van der Waals surface area contributed by atoms with Crippen LogP contribution in [-0.4, -0.2) is 19.5 Å². The Morgan fingerprint density at radius 1 is 0.935 bits per heavy atom. The Morgan fingerprint density at radius 2 is 1.77 bits per heavy atom. The van der Waals surface area contributed by atoms with Crippen molar-refractivity contribution in [1.29, 1.82) is 0 Å². The van der Waals surface area contributed by atoms with Crippen molar-refractivity contribution in [2.75, 3.05) is 5.73 Å². The van der Waals surface area contributed by atoms with Crippen LogP contribution >= 0.6 is 0 Å². The van der Waals surface area contributed by atoms with Crippen molar-refractivity contribution >= 4 is 11.3 Å². The number of aromatic hydroxyl groups is 1. The van der Waals surface area contributed by atoms with Crippen LogP contribution in [0.5, 0.6) is 5.88 Å². The smallest absolute Gasteiger partial charge is 0.219 e. The number of furan rings is 1. The SMILES string of the molecule is Nc1cccc(-c2cn3c(O)c(Cc4ccco4)nc3c(Cc3ccccc3)n2)c1F. The van der Waals surface area contributed by atoms with E-state index in [1.165, 1.54) is 6.07 Å². The summed E-state index contributed by atoms with van der Waals surface area (Å²) in [5, 5.41) is 10.9. The minimum atomic E-state index is -0.546. The maximum absolute atomic E-state index is 14.7. The van der Waals surface area contributed by atoms with E-state index in [-0.39, 0.29) is 17.1 Å². The number of halogens is 1. The van der Waals surface area contributed by atoms with Gasteiger partial charge in [-0.15, -0.1) is 0 Å². The van der Waals surface area contributed by atoms with E-state index in [0.717, 1.165) is 5.56 Å². The van der Waals surface area contributed by atoms with Crippen LogP contribution in [0.2, 0.25) is 0 Å². The predicted octanol–water partition coefficient (Wildman–Crippen LogP) is 4.60. The van der Waals surface area contributed by atoms with E-state index in [2.05, 4.69) is 4.98 Å². The lowest BCUT2D eigenvalue weighted by Gasteiger charge is -2.10. The Labute approximate surface area is 177 Å². The molecule has 0 aliphatic carbocycles. The van der Waals surface area contributed by atoms with Crippen LogP contribution in [0.1, 0.15) is 22.7 Å². The second kappa shape index (κ2) is 7.60. The molecule has 6 nitrogen and oxygen atoms in total. The van der Waals surface area contributed by atoms with Crippen molar-refractivity contribution in [3.63, 3.8) is 0 Å². The summed E-state index contributed by atoms with van der Waals surface area (Å²) in [5.74, 6) is 0.0995. The van der Waals surface area contributed by atoms with E-state index >= 15 is 0 Å². The highest BCUT2D eigenvalue weighted by atomic mass is 19.1. The van der Waals surface area contributed by atoms with Crippen LogP contribution in [0.15, 0.2) is 77.5 Å². The summed E-state index contributed by atoms with van der Waals surface area (Å²) in [5.41, 5.74) is 9.03. The van der Waals surface area contributed by atoms with Gasteiger partial charge in [0.2, 0.25) is 5.88 Å². The molecule has 0 spiro atoms. The van der Waals surface area contributed by atoms with Crippen molar-refractivity contribution in [1.82, 2.24) is 14.4 Å². The van der Waals surface area contributed by atoms with Gasteiger partial charge in [0.1, 0.15) is 11.5 Å². The largest absolute Gasteiger partial charge is 0.493 e. The molecular weight excluding hydrogens is 395 g/mol. The lowest BCUT2D eigenvalue weighted by atomic mass is 10.1. The minimum absolute atomic E-state index is 0.0336. The summed E-state index contributed by atoms with van der Waals surface area (Å²) < 4.78 is 21.7. The first-order valence-corrected chi connectivity index (χ1v) is 9.80. The Kier molecular flexibility index (Phi) is 4.63. The zero-order chi connectivity index (χ0) is 21.4. The average Bonchev–Trinajstić information content (AvgIpc) is 3.40. The molecule has 0 aliphatic rings. The fraction of sp³-hybridized carbons (Fsp3) is 0.0833. The third-order valence-corrected chi connectivity index (χ3v) is 5.16. The van der Waals surface area contributed by atoms with Crippen LogP contribution in [0.25, 0.3) is 16.9 Å². The molecule has 0 amide bonds. The first-order valence-electron chi connectivity index (χ1n) is 9.80. The molecule has 3 aromatic heterocycles. The van der Waals surface area contributed by atoms with Crippen molar-refractivity contribution in [2.45, 2.75) is 12.8 Å². The molecule has 0 unspecified atom stereocenters. The highest BCUT2D eigenvalue weighted by Crippen LogP contribution is 2.30. The lowest BCUT2D eigenvalue weighted by Crippen LogP contribution is -2.02. The molecule has 0 radical (unpaired) electrons. The molecule has 0 aliphatic heterocycles. The molecule has 0 atom stereocenters. The van der Waals surface area contributed by atoms with E-state index in [9.17, 15) is 9.50 Å².